The lowest BCUT2D eigenvalue weighted by atomic mass is 9.93. The fraction of sp³-hybridized carbons (Fsp3) is 0.429. The first-order valence-corrected chi connectivity index (χ1v) is 15.8. The molecule has 46 heavy (non-hydrogen) atoms. The van der Waals surface area contributed by atoms with E-state index >= 15 is 8.78 Å². The molecule has 1 aliphatic carbocycles. The van der Waals surface area contributed by atoms with E-state index in [9.17, 15) is 14.6 Å². The average molecular weight is 630 g/mol. The zero-order chi connectivity index (χ0) is 31.7. The number of anilines is 1. The Balaban J connectivity index is 1.22. The van der Waals surface area contributed by atoms with Crippen molar-refractivity contribution < 1.29 is 28.1 Å². The molecule has 8 nitrogen and oxygen atoms in total. The zero-order valence-corrected chi connectivity index (χ0v) is 25.1. The van der Waals surface area contributed by atoms with Gasteiger partial charge in [-0.25, -0.2) is 13.2 Å². The van der Waals surface area contributed by atoms with Gasteiger partial charge < -0.3 is 25.2 Å². The molecule has 0 radical (unpaired) electrons. The number of phenolic OH excluding ortho intramolecular Hbond substituents is 1. The van der Waals surface area contributed by atoms with Gasteiger partial charge in [-0.1, -0.05) is 18.1 Å². The number of benzene rings is 3. The molecule has 2 bridgehead atoms. The minimum atomic E-state index is -1.27. The van der Waals surface area contributed by atoms with E-state index in [0.29, 0.717) is 41.8 Å². The van der Waals surface area contributed by atoms with Crippen molar-refractivity contribution in [1.82, 2.24) is 20.2 Å². The number of β-amino-alcohol motifs (C(OH)–C–C–N with tert-alkyl or cyclic N) is 1. The number of nitrogens with one attached hydrogen (secondary N) is 1. The van der Waals surface area contributed by atoms with Crippen molar-refractivity contribution in [2.24, 2.45) is 5.41 Å². The van der Waals surface area contributed by atoms with Crippen molar-refractivity contribution >= 4 is 27.5 Å². The number of halogens is 3. The summed E-state index contributed by atoms with van der Waals surface area (Å²) in [5, 5.41) is 25.2. The maximum atomic E-state index is 16.8. The van der Waals surface area contributed by atoms with Gasteiger partial charge >= 0.3 is 6.01 Å². The molecule has 2 unspecified atom stereocenters. The van der Waals surface area contributed by atoms with E-state index < -0.39 is 23.9 Å². The number of ether oxygens (including phenoxy) is 1. The van der Waals surface area contributed by atoms with Crippen LogP contribution in [-0.4, -0.2) is 88.8 Å². The van der Waals surface area contributed by atoms with Crippen molar-refractivity contribution in [3.8, 4) is 35.2 Å². The highest BCUT2D eigenvalue weighted by Crippen LogP contribution is 2.47. The number of alkyl halides is 1. The van der Waals surface area contributed by atoms with E-state index in [2.05, 4.69) is 16.2 Å². The maximum Gasteiger partial charge on any atom is 0.319 e. The van der Waals surface area contributed by atoms with Crippen LogP contribution in [0.15, 0.2) is 36.4 Å². The summed E-state index contributed by atoms with van der Waals surface area (Å²) in [6.45, 7) is 2.51. The monoisotopic (exact) mass is 629 g/mol. The second kappa shape index (κ2) is 11.0. The van der Waals surface area contributed by atoms with Gasteiger partial charge in [-0.3, -0.25) is 4.90 Å². The number of phenols is 1. The second-order valence-electron chi connectivity index (χ2n) is 13.4. The predicted molar refractivity (Wildman–Crippen MR) is 169 cm³/mol. The van der Waals surface area contributed by atoms with Crippen molar-refractivity contribution in [3.63, 3.8) is 0 Å². The summed E-state index contributed by atoms with van der Waals surface area (Å²) in [7, 11) is 0. The molecule has 3 aromatic carbocycles. The van der Waals surface area contributed by atoms with E-state index in [1.807, 2.05) is 9.80 Å². The molecule has 1 saturated carbocycles. The topological polar surface area (TPSA) is 94.0 Å². The minimum Gasteiger partial charge on any atom is -0.508 e. The molecular formula is C35H34F3N5O3. The summed E-state index contributed by atoms with van der Waals surface area (Å²) < 4.78 is 53.2. The average Bonchev–Trinajstić information content (AvgIpc) is 3.61. The van der Waals surface area contributed by atoms with Crippen LogP contribution in [0.25, 0.3) is 32.8 Å². The smallest absolute Gasteiger partial charge is 0.319 e. The molecule has 3 saturated heterocycles. The molecule has 3 N–H and O–H groups in total. The normalized spacial score (nSPS) is 25.3. The first kappa shape index (κ1) is 29.3. The van der Waals surface area contributed by atoms with Crippen LogP contribution in [0, 0.1) is 29.4 Å². The van der Waals surface area contributed by atoms with E-state index in [-0.39, 0.29) is 71.0 Å². The number of rotatable bonds is 7. The third kappa shape index (κ3) is 5.09. The zero-order valence-electron chi connectivity index (χ0n) is 25.1. The van der Waals surface area contributed by atoms with Gasteiger partial charge in [0.1, 0.15) is 29.1 Å². The second-order valence-corrected chi connectivity index (χ2v) is 13.4. The predicted octanol–water partition coefficient (Wildman–Crippen LogP) is 4.53. The Morgan fingerprint density at radius 1 is 1.07 bits per heavy atom. The molecular weight excluding hydrogens is 595 g/mol. The Kier molecular flexibility index (Phi) is 7.01. The lowest BCUT2D eigenvalue weighted by Crippen LogP contribution is -2.51. The molecule has 8 rings (SSSR count). The van der Waals surface area contributed by atoms with E-state index in [1.165, 1.54) is 18.2 Å². The van der Waals surface area contributed by atoms with Gasteiger partial charge in [0.25, 0.3) is 0 Å². The number of hydrogen-bond donors (Lipinski definition) is 3. The Morgan fingerprint density at radius 3 is 2.54 bits per heavy atom. The van der Waals surface area contributed by atoms with E-state index in [0.717, 1.165) is 25.7 Å². The number of fused-ring (bicyclic) bond motifs is 4. The van der Waals surface area contributed by atoms with Gasteiger partial charge in [0.15, 0.2) is 5.82 Å². The lowest BCUT2D eigenvalue weighted by molar-refractivity contribution is 0.113. The number of piperazine rings is 1. The van der Waals surface area contributed by atoms with Crippen LogP contribution in [0.5, 0.6) is 11.8 Å². The van der Waals surface area contributed by atoms with Crippen LogP contribution in [0.1, 0.15) is 31.2 Å². The molecule has 3 aliphatic heterocycles. The van der Waals surface area contributed by atoms with Crippen LogP contribution in [0.4, 0.5) is 19.0 Å². The number of likely N-dealkylation sites (tertiary alicyclic amines) is 1. The first-order chi connectivity index (χ1) is 22.2. The summed E-state index contributed by atoms with van der Waals surface area (Å²) in [6.07, 6.45) is 7.27. The molecule has 4 aromatic rings. The molecule has 4 atom stereocenters. The van der Waals surface area contributed by atoms with Gasteiger partial charge in [0, 0.05) is 72.1 Å². The van der Waals surface area contributed by atoms with Gasteiger partial charge in [-0.05, 0) is 55.3 Å². The molecule has 1 aromatic heterocycles. The molecule has 11 heteroatoms. The van der Waals surface area contributed by atoms with Crippen LogP contribution in [0.3, 0.4) is 0 Å². The number of aromatic nitrogens is 2. The minimum absolute atomic E-state index is 0.0222. The number of aromatic hydroxyl groups is 1. The van der Waals surface area contributed by atoms with E-state index in [1.54, 1.807) is 18.2 Å². The molecule has 4 fully saturated rings. The van der Waals surface area contributed by atoms with Crippen molar-refractivity contribution in [1.29, 1.82) is 0 Å². The summed E-state index contributed by atoms with van der Waals surface area (Å²) in [4.78, 5) is 13.2. The molecule has 0 spiro atoms. The molecule has 0 amide bonds. The summed E-state index contributed by atoms with van der Waals surface area (Å²) >= 11 is 0. The fourth-order valence-corrected chi connectivity index (χ4v) is 7.58. The standard InChI is InChI=1S/C35H34F3N5O3/c1-2-19-4-3-5-20-10-23(44)11-24(29(19)20)30-26(36)12-25-32(31(30)38)40-34(41-33(25)43-13-21-6-7-22(14-43)39-21)46-18-35(8-9-35)17-42-15-27(37)28(45)16-42/h1,3-5,10-12,21-22,27-28,39,44-45H,6-9,13-18H2/t21?,22?,27-,28+/m0/s1. The van der Waals surface area contributed by atoms with Crippen LogP contribution in [0.2, 0.25) is 0 Å². The Labute approximate surface area is 264 Å². The third-order valence-corrected chi connectivity index (χ3v) is 10.1. The Bertz CT molecular complexity index is 1890. The van der Waals surface area contributed by atoms with Gasteiger partial charge in [-0.15, -0.1) is 6.42 Å². The van der Waals surface area contributed by atoms with Crippen molar-refractivity contribution in [2.75, 3.05) is 44.2 Å². The van der Waals surface area contributed by atoms with E-state index in [4.69, 9.17) is 16.1 Å². The highest BCUT2D eigenvalue weighted by Gasteiger charge is 2.47. The Hall–Kier alpha value is -4.11. The molecule has 4 heterocycles. The van der Waals surface area contributed by atoms with Crippen LogP contribution < -0.4 is 15.0 Å². The fourth-order valence-electron chi connectivity index (χ4n) is 7.58. The number of terminal acetylenes is 1. The molecule has 238 valence electrons. The first-order valence-electron chi connectivity index (χ1n) is 15.8. The summed E-state index contributed by atoms with van der Waals surface area (Å²) in [6, 6.07) is 9.70. The summed E-state index contributed by atoms with van der Waals surface area (Å²) in [5.41, 5.74) is -0.118. The number of hydrogen-bond acceptors (Lipinski definition) is 8. The van der Waals surface area contributed by atoms with Crippen LogP contribution >= 0.6 is 0 Å². The summed E-state index contributed by atoms with van der Waals surface area (Å²) in [5.74, 6) is 1.12. The maximum absolute atomic E-state index is 16.8. The van der Waals surface area contributed by atoms with Crippen molar-refractivity contribution in [3.05, 3.63) is 53.6 Å². The molecule has 4 aliphatic rings. The quantitative estimate of drug-likeness (QED) is 0.257. The van der Waals surface area contributed by atoms with Gasteiger partial charge in [0.2, 0.25) is 0 Å². The van der Waals surface area contributed by atoms with Gasteiger partial charge in [-0.2, -0.15) is 9.97 Å². The highest BCUT2D eigenvalue weighted by atomic mass is 19.1. The largest absolute Gasteiger partial charge is 0.508 e. The lowest BCUT2D eigenvalue weighted by Gasteiger charge is -2.34. The SMILES string of the molecule is C#Cc1cccc2cc(O)cc(-c3c(F)cc4c(N5CC6CCC(C5)N6)nc(OCC5(CN6C[C@@H](O)[C@@H](F)C6)CC5)nc4c3F)c12. The van der Waals surface area contributed by atoms with Crippen LogP contribution in [-0.2, 0) is 0 Å². The third-order valence-electron chi connectivity index (χ3n) is 10.1. The Morgan fingerprint density at radius 2 is 1.85 bits per heavy atom. The number of nitrogens with zero attached hydrogens (tertiary/aromatic N) is 4. The highest BCUT2D eigenvalue weighted by molar-refractivity contribution is 6.04. The number of aliphatic hydroxyl groups is 1. The van der Waals surface area contributed by atoms with Gasteiger partial charge in [0.05, 0.1) is 18.3 Å². The van der Waals surface area contributed by atoms with Crippen molar-refractivity contribution in [2.45, 2.75) is 50.0 Å². The number of aliphatic hydroxyl groups excluding tert-OH is 1.